The maximum atomic E-state index is 12.4. The third-order valence-electron chi connectivity index (χ3n) is 5.56. The highest BCUT2D eigenvalue weighted by Crippen LogP contribution is 2.48. The summed E-state index contributed by atoms with van der Waals surface area (Å²) in [5.41, 5.74) is 0. The number of fused-ring (bicyclic) bond motifs is 2. The van der Waals surface area contributed by atoms with Gasteiger partial charge in [-0.05, 0) is 57.3 Å². The minimum absolute atomic E-state index is 0.0546. The van der Waals surface area contributed by atoms with Crippen molar-refractivity contribution in [3.05, 3.63) is 0 Å². The number of hydrogen-bond donors (Lipinski definition) is 2. The Morgan fingerprint density at radius 3 is 2.60 bits per heavy atom. The van der Waals surface area contributed by atoms with E-state index in [1.165, 1.54) is 6.42 Å². The van der Waals surface area contributed by atoms with E-state index < -0.39 is 5.97 Å². The Bertz CT molecular complexity index is 412. The van der Waals surface area contributed by atoms with Gasteiger partial charge in [0, 0.05) is 18.6 Å². The lowest BCUT2D eigenvalue weighted by molar-refractivity contribution is -0.144. The normalized spacial score (nSPS) is 39.9. The zero-order valence-electron chi connectivity index (χ0n) is 12.0. The fourth-order valence-electron chi connectivity index (χ4n) is 4.48. The van der Waals surface area contributed by atoms with Gasteiger partial charge in [-0.1, -0.05) is 0 Å². The molecule has 3 aliphatic rings. The Kier molecular flexibility index (Phi) is 3.61. The molecule has 0 aromatic carbocycles. The Labute approximate surface area is 119 Å². The summed E-state index contributed by atoms with van der Waals surface area (Å²) < 4.78 is 0. The number of nitrogens with zero attached hydrogens (tertiary/aromatic N) is 1. The molecule has 0 spiro atoms. The number of aliphatic carboxylic acids is 1. The van der Waals surface area contributed by atoms with Crippen molar-refractivity contribution in [2.45, 2.75) is 57.5 Å². The molecule has 3 rings (SSSR count). The van der Waals surface area contributed by atoms with E-state index in [1.54, 1.807) is 0 Å². The zero-order valence-corrected chi connectivity index (χ0v) is 12.0. The number of nitrogens with one attached hydrogen (secondary N) is 1. The molecule has 5 heteroatoms. The molecule has 20 heavy (non-hydrogen) atoms. The summed E-state index contributed by atoms with van der Waals surface area (Å²) in [4.78, 5) is 25.8. The number of amides is 2. The van der Waals surface area contributed by atoms with Gasteiger partial charge in [-0.3, -0.25) is 4.79 Å². The van der Waals surface area contributed by atoms with Crippen LogP contribution in [0.4, 0.5) is 4.79 Å². The van der Waals surface area contributed by atoms with E-state index in [-0.39, 0.29) is 30.0 Å². The monoisotopic (exact) mass is 280 g/mol. The lowest BCUT2D eigenvalue weighted by atomic mass is 9.84. The van der Waals surface area contributed by atoms with E-state index in [9.17, 15) is 14.7 Å². The zero-order chi connectivity index (χ0) is 14.3. The van der Waals surface area contributed by atoms with Crippen molar-refractivity contribution in [2.75, 3.05) is 6.54 Å². The van der Waals surface area contributed by atoms with Crippen molar-refractivity contribution < 1.29 is 14.7 Å². The van der Waals surface area contributed by atoms with Crippen LogP contribution in [0.25, 0.3) is 0 Å². The van der Waals surface area contributed by atoms with E-state index in [0.717, 1.165) is 38.6 Å². The lowest BCUT2D eigenvalue weighted by Crippen LogP contribution is -2.54. The molecule has 0 aromatic rings. The van der Waals surface area contributed by atoms with Crippen LogP contribution in [0.3, 0.4) is 0 Å². The Hall–Kier alpha value is -1.26. The van der Waals surface area contributed by atoms with Crippen LogP contribution < -0.4 is 5.32 Å². The molecule has 1 saturated heterocycles. The van der Waals surface area contributed by atoms with Crippen LogP contribution in [0.5, 0.6) is 0 Å². The molecule has 5 atom stereocenters. The second-order valence-electron chi connectivity index (χ2n) is 6.71. The minimum atomic E-state index is -0.741. The topological polar surface area (TPSA) is 69.6 Å². The molecule has 1 heterocycles. The average Bonchev–Trinajstić information content (AvgIpc) is 2.99. The molecule has 5 nitrogen and oxygen atoms in total. The van der Waals surface area contributed by atoms with Crippen molar-refractivity contribution in [3.8, 4) is 0 Å². The fourth-order valence-corrected chi connectivity index (χ4v) is 4.48. The second kappa shape index (κ2) is 5.26. The SMILES string of the molecule is CC1CCCCN1C(=O)NC1C2CCC(C2)C1C(=O)O. The Morgan fingerprint density at radius 2 is 1.90 bits per heavy atom. The standard InChI is InChI=1S/C15H24N2O3/c1-9-4-2-3-7-17(9)15(20)16-13-11-6-5-10(8-11)12(13)14(18)19/h9-13H,2-8H2,1H3,(H,16,20)(H,18,19). The Morgan fingerprint density at radius 1 is 1.15 bits per heavy atom. The first-order chi connectivity index (χ1) is 9.58. The van der Waals surface area contributed by atoms with Gasteiger partial charge in [0.05, 0.1) is 5.92 Å². The molecule has 2 bridgehead atoms. The number of likely N-dealkylation sites (tertiary alicyclic amines) is 1. The molecule has 3 fully saturated rings. The van der Waals surface area contributed by atoms with Crippen molar-refractivity contribution >= 4 is 12.0 Å². The summed E-state index contributed by atoms with van der Waals surface area (Å²) in [5.74, 6) is -0.487. The first kappa shape index (κ1) is 13.7. The molecule has 112 valence electrons. The van der Waals surface area contributed by atoms with Gasteiger partial charge >= 0.3 is 12.0 Å². The molecule has 2 aliphatic carbocycles. The highest BCUT2D eigenvalue weighted by atomic mass is 16.4. The van der Waals surface area contributed by atoms with E-state index >= 15 is 0 Å². The maximum Gasteiger partial charge on any atom is 0.317 e. The predicted molar refractivity (Wildman–Crippen MR) is 74.3 cm³/mol. The highest BCUT2D eigenvalue weighted by Gasteiger charge is 2.51. The van der Waals surface area contributed by atoms with Crippen LogP contribution >= 0.6 is 0 Å². The first-order valence-corrected chi connectivity index (χ1v) is 7.88. The van der Waals surface area contributed by atoms with Crippen LogP contribution in [0, 0.1) is 17.8 Å². The third kappa shape index (κ3) is 2.27. The summed E-state index contributed by atoms with van der Waals surface area (Å²) in [6.07, 6.45) is 6.32. The van der Waals surface area contributed by atoms with Crippen LogP contribution in [0.2, 0.25) is 0 Å². The molecule has 0 radical (unpaired) electrons. The van der Waals surface area contributed by atoms with Crippen molar-refractivity contribution in [2.24, 2.45) is 17.8 Å². The fraction of sp³-hybridized carbons (Fsp3) is 0.867. The summed E-state index contributed by atoms with van der Waals surface area (Å²) >= 11 is 0. The van der Waals surface area contributed by atoms with Crippen molar-refractivity contribution in [1.82, 2.24) is 10.2 Å². The minimum Gasteiger partial charge on any atom is -0.481 e. The van der Waals surface area contributed by atoms with Crippen LogP contribution in [0.1, 0.15) is 45.4 Å². The van der Waals surface area contributed by atoms with Crippen LogP contribution in [-0.2, 0) is 4.79 Å². The number of carboxylic acids is 1. The molecule has 0 aromatic heterocycles. The number of carbonyl (C=O) groups excluding carboxylic acids is 1. The van der Waals surface area contributed by atoms with Crippen LogP contribution in [-0.4, -0.2) is 40.6 Å². The van der Waals surface area contributed by atoms with Gasteiger partial charge in [0.25, 0.3) is 0 Å². The number of rotatable bonds is 2. The quantitative estimate of drug-likeness (QED) is 0.813. The second-order valence-corrected chi connectivity index (χ2v) is 6.71. The molecular formula is C15H24N2O3. The van der Waals surface area contributed by atoms with E-state index in [4.69, 9.17) is 0 Å². The number of carbonyl (C=O) groups is 2. The first-order valence-electron chi connectivity index (χ1n) is 7.88. The van der Waals surface area contributed by atoms with Gasteiger partial charge in [-0.15, -0.1) is 0 Å². The van der Waals surface area contributed by atoms with Gasteiger partial charge in [0.2, 0.25) is 0 Å². The van der Waals surface area contributed by atoms with Crippen molar-refractivity contribution in [1.29, 1.82) is 0 Å². The van der Waals surface area contributed by atoms with E-state index in [0.29, 0.717) is 5.92 Å². The average molecular weight is 280 g/mol. The molecule has 2 saturated carbocycles. The molecule has 1 aliphatic heterocycles. The summed E-state index contributed by atoms with van der Waals surface area (Å²) in [7, 11) is 0. The summed E-state index contributed by atoms with van der Waals surface area (Å²) in [6.45, 7) is 2.87. The van der Waals surface area contributed by atoms with Crippen LogP contribution in [0.15, 0.2) is 0 Å². The van der Waals surface area contributed by atoms with Gasteiger partial charge in [0.1, 0.15) is 0 Å². The van der Waals surface area contributed by atoms with Gasteiger partial charge < -0.3 is 15.3 Å². The number of urea groups is 1. The molecule has 2 N–H and O–H groups in total. The Balaban J connectivity index is 1.67. The van der Waals surface area contributed by atoms with E-state index in [2.05, 4.69) is 12.2 Å². The summed E-state index contributed by atoms with van der Waals surface area (Å²) in [6, 6.07) is 0.0551. The van der Waals surface area contributed by atoms with Gasteiger partial charge in [0.15, 0.2) is 0 Å². The molecule has 5 unspecified atom stereocenters. The lowest BCUT2D eigenvalue weighted by Gasteiger charge is -2.36. The molecular weight excluding hydrogens is 256 g/mol. The molecule has 2 amide bonds. The number of hydrogen-bond acceptors (Lipinski definition) is 2. The van der Waals surface area contributed by atoms with Gasteiger partial charge in [-0.25, -0.2) is 4.79 Å². The van der Waals surface area contributed by atoms with E-state index in [1.807, 2.05) is 4.90 Å². The number of piperidine rings is 1. The smallest absolute Gasteiger partial charge is 0.317 e. The van der Waals surface area contributed by atoms with Crippen molar-refractivity contribution in [3.63, 3.8) is 0 Å². The maximum absolute atomic E-state index is 12.4. The highest BCUT2D eigenvalue weighted by molar-refractivity contribution is 5.78. The summed E-state index contributed by atoms with van der Waals surface area (Å²) in [5, 5.41) is 12.5. The largest absolute Gasteiger partial charge is 0.481 e. The number of carboxylic acid groups (broad SMARTS) is 1. The third-order valence-corrected chi connectivity index (χ3v) is 5.56. The predicted octanol–water partition coefficient (Wildman–Crippen LogP) is 2.07. The van der Waals surface area contributed by atoms with Gasteiger partial charge in [-0.2, -0.15) is 0 Å².